The largest absolute Gasteiger partial charge is 0.380 e. The van der Waals surface area contributed by atoms with Crippen molar-refractivity contribution in [1.29, 1.82) is 5.26 Å². The molecule has 1 N–H and O–H groups in total. The smallest absolute Gasteiger partial charge is 0.195 e. The van der Waals surface area contributed by atoms with Gasteiger partial charge in [-0.15, -0.1) is 0 Å². The van der Waals surface area contributed by atoms with Gasteiger partial charge in [0.1, 0.15) is 0 Å². The zero-order valence-corrected chi connectivity index (χ0v) is 14.8. The fraction of sp³-hybridized carbons (Fsp3) is 0.0909. The fourth-order valence-corrected chi connectivity index (χ4v) is 2.95. The summed E-state index contributed by atoms with van der Waals surface area (Å²) in [5.74, 6) is -0.0825. The van der Waals surface area contributed by atoms with E-state index in [4.69, 9.17) is 16.9 Å². The molecular formula is C22H17ClN2O. The van der Waals surface area contributed by atoms with E-state index in [0.29, 0.717) is 29.1 Å². The van der Waals surface area contributed by atoms with Gasteiger partial charge in [0.25, 0.3) is 0 Å². The third-order valence-electron chi connectivity index (χ3n) is 4.12. The van der Waals surface area contributed by atoms with Crippen molar-refractivity contribution in [3.8, 4) is 6.07 Å². The number of benzene rings is 3. The van der Waals surface area contributed by atoms with Gasteiger partial charge >= 0.3 is 0 Å². The molecule has 0 unspecified atom stereocenters. The topological polar surface area (TPSA) is 52.9 Å². The van der Waals surface area contributed by atoms with Crippen LogP contribution in [0.25, 0.3) is 0 Å². The van der Waals surface area contributed by atoms with E-state index in [1.807, 2.05) is 48.5 Å². The standard InChI is InChI=1S/C22H17ClN2O/c23-19-10-11-21(20(14-19)22(26)17-7-2-1-3-8-17)25-15-18-9-5-4-6-16(18)12-13-24/h1-11,14,25H,12,15H2. The molecule has 0 saturated carbocycles. The number of nitrogens with one attached hydrogen (secondary N) is 1. The van der Waals surface area contributed by atoms with Crippen LogP contribution >= 0.6 is 11.6 Å². The first-order valence-electron chi connectivity index (χ1n) is 8.26. The molecule has 0 fully saturated rings. The lowest BCUT2D eigenvalue weighted by Gasteiger charge is -2.14. The molecule has 3 aromatic carbocycles. The van der Waals surface area contributed by atoms with Crippen molar-refractivity contribution in [2.24, 2.45) is 0 Å². The van der Waals surface area contributed by atoms with E-state index in [1.165, 1.54) is 0 Å². The zero-order valence-electron chi connectivity index (χ0n) is 14.1. The van der Waals surface area contributed by atoms with Crippen LogP contribution < -0.4 is 5.32 Å². The number of nitriles is 1. The maximum atomic E-state index is 12.9. The molecule has 0 radical (unpaired) electrons. The molecule has 3 aromatic rings. The van der Waals surface area contributed by atoms with Gasteiger partial charge in [-0.2, -0.15) is 5.26 Å². The summed E-state index contributed by atoms with van der Waals surface area (Å²) in [6, 6.07) is 24.3. The van der Waals surface area contributed by atoms with Crippen molar-refractivity contribution in [3.63, 3.8) is 0 Å². The lowest BCUT2D eigenvalue weighted by atomic mass is 10.0. The fourth-order valence-electron chi connectivity index (χ4n) is 2.78. The Labute approximate surface area is 157 Å². The number of ketones is 1. The SMILES string of the molecule is N#CCc1ccccc1CNc1ccc(Cl)cc1C(=O)c1ccccc1. The van der Waals surface area contributed by atoms with Crippen LogP contribution in [0.3, 0.4) is 0 Å². The number of carbonyl (C=O) groups is 1. The molecule has 0 amide bonds. The molecule has 3 rings (SSSR count). The Balaban J connectivity index is 1.88. The van der Waals surface area contributed by atoms with Gasteiger partial charge in [0, 0.05) is 28.4 Å². The molecule has 0 bridgehead atoms. The third-order valence-corrected chi connectivity index (χ3v) is 4.35. The summed E-state index contributed by atoms with van der Waals surface area (Å²) in [7, 11) is 0. The molecule has 0 aliphatic rings. The van der Waals surface area contributed by atoms with Crippen molar-refractivity contribution >= 4 is 23.1 Å². The van der Waals surface area contributed by atoms with Crippen LogP contribution in [0.5, 0.6) is 0 Å². The monoisotopic (exact) mass is 360 g/mol. The Morgan fingerprint density at radius 1 is 0.962 bits per heavy atom. The van der Waals surface area contributed by atoms with E-state index < -0.39 is 0 Å². The summed E-state index contributed by atoms with van der Waals surface area (Å²) in [5, 5.41) is 12.8. The molecule has 0 atom stereocenters. The maximum absolute atomic E-state index is 12.9. The zero-order chi connectivity index (χ0) is 18.4. The highest BCUT2D eigenvalue weighted by molar-refractivity contribution is 6.31. The van der Waals surface area contributed by atoms with E-state index in [1.54, 1.807) is 24.3 Å². The lowest BCUT2D eigenvalue weighted by Crippen LogP contribution is -2.09. The molecule has 0 spiro atoms. The first-order chi connectivity index (χ1) is 12.7. The van der Waals surface area contributed by atoms with Crippen LogP contribution in [0, 0.1) is 11.3 Å². The van der Waals surface area contributed by atoms with Crippen LogP contribution in [0.2, 0.25) is 5.02 Å². The molecule has 26 heavy (non-hydrogen) atoms. The van der Waals surface area contributed by atoms with Crippen LogP contribution in [-0.4, -0.2) is 5.78 Å². The van der Waals surface area contributed by atoms with Crippen molar-refractivity contribution < 1.29 is 4.79 Å². The average Bonchev–Trinajstić information content (AvgIpc) is 2.68. The van der Waals surface area contributed by atoms with Gasteiger partial charge in [-0.05, 0) is 29.3 Å². The Morgan fingerprint density at radius 2 is 1.65 bits per heavy atom. The first kappa shape index (κ1) is 17.7. The molecule has 0 aromatic heterocycles. The summed E-state index contributed by atoms with van der Waals surface area (Å²) in [5.41, 5.74) is 3.87. The first-order valence-corrected chi connectivity index (χ1v) is 8.63. The minimum Gasteiger partial charge on any atom is -0.380 e. The predicted molar refractivity (Wildman–Crippen MR) is 104 cm³/mol. The highest BCUT2D eigenvalue weighted by Gasteiger charge is 2.14. The van der Waals surface area contributed by atoms with Crippen LogP contribution in [-0.2, 0) is 13.0 Å². The van der Waals surface area contributed by atoms with E-state index in [-0.39, 0.29) is 5.78 Å². The Kier molecular flexibility index (Phi) is 5.68. The maximum Gasteiger partial charge on any atom is 0.195 e. The number of hydrogen-bond acceptors (Lipinski definition) is 3. The molecular weight excluding hydrogens is 344 g/mol. The van der Waals surface area contributed by atoms with Gasteiger partial charge in [-0.1, -0.05) is 66.2 Å². The Hall–Kier alpha value is -3.09. The quantitative estimate of drug-likeness (QED) is 0.611. The molecule has 128 valence electrons. The normalized spacial score (nSPS) is 10.2. The van der Waals surface area contributed by atoms with Crippen molar-refractivity contribution in [2.75, 3.05) is 5.32 Å². The van der Waals surface area contributed by atoms with Gasteiger partial charge in [0.2, 0.25) is 0 Å². The van der Waals surface area contributed by atoms with Crippen LogP contribution in [0.15, 0.2) is 72.8 Å². The Morgan fingerprint density at radius 3 is 2.38 bits per heavy atom. The summed E-state index contributed by atoms with van der Waals surface area (Å²) in [6.07, 6.45) is 0.355. The summed E-state index contributed by atoms with van der Waals surface area (Å²) >= 11 is 6.12. The van der Waals surface area contributed by atoms with Crippen molar-refractivity contribution in [3.05, 3.63) is 100 Å². The summed E-state index contributed by atoms with van der Waals surface area (Å²) in [4.78, 5) is 12.9. The number of carbonyl (C=O) groups excluding carboxylic acids is 1. The molecule has 0 heterocycles. The number of halogens is 1. The highest BCUT2D eigenvalue weighted by atomic mass is 35.5. The number of rotatable bonds is 6. The predicted octanol–water partition coefficient (Wildman–Crippen LogP) is 5.25. The number of anilines is 1. The summed E-state index contributed by atoms with van der Waals surface area (Å²) < 4.78 is 0. The average molecular weight is 361 g/mol. The Bertz CT molecular complexity index is 961. The second-order valence-corrected chi connectivity index (χ2v) is 6.28. The van der Waals surface area contributed by atoms with Gasteiger partial charge in [0.15, 0.2) is 5.78 Å². The van der Waals surface area contributed by atoms with Gasteiger partial charge < -0.3 is 5.32 Å². The summed E-state index contributed by atoms with van der Waals surface area (Å²) in [6.45, 7) is 0.522. The van der Waals surface area contributed by atoms with Crippen molar-refractivity contribution in [2.45, 2.75) is 13.0 Å². The van der Waals surface area contributed by atoms with Gasteiger partial charge in [-0.25, -0.2) is 0 Å². The van der Waals surface area contributed by atoms with Crippen LogP contribution in [0.1, 0.15) is 27.0 Å². The molecule has 0 aliphatic carbocycles. The number of nitrogens with zero attached hydrogens (tertiary/aromatic N) is 1. The van der Waals surface area contributed by atoms with Gasteiger partial charge in [-0.3, -0.25) is 4.79 Å². The minimum atomic E-state index is -0.0825. The highest BCUT2D eigenvalue weighted by Crippen LogP contribution is 2.24. The van der Waals surface area contributed by atoms with E-state index in [2.05, 4.69) is 11.4 Å². The second-order valence-electron chi connectivity index (χ2n) is 5.84. The third kappa shape index (κ3) is 4.11. The molecule has 3 nitrogen and oxygen atoms in total. The van der Waals surface area contributed by atoms with Crippen molar-refractivity contribution in [1.82, 2.24) is 0 Å². The molecule has 4 heteroatoms. The lowest BCUT2D eigenvalue weighted by molar-refractivity contribution is 0.103. The van der Waals surface area contributed by atoms with Gasteiger partial charge in [0.05, 0.1) is 12.5 Å². The number of hydrogen-bond donors (Lipinski definition) is 1. The molecule has 0 saturated heterocycles. The second kappa shape index (κ2) is 8.33. The minimum absolute atomic E-state index is 0.0825. The van der Waals surface area contributed by atoms with E-state index in [0.717, 1.165) is 16.8 Å². The van der Waals surface area contributed by atoms with Crippen LogP contribution in [0.4, 0.5) is 5.69 Å². The molecule has 0 aliphatic heterocycles. The van der Waals surface area contributed by atoms with E-state index >= 15 is 0 Å². The van der Waals surface area contributed by atoms with E-state index in [9.17, 15) is 4.79 Å².